The number of guanidine groups is 1. The minimum absolute atomic E-state index is 0.0801. The lowest BCUT2D eigenvalue weighted by Gasteiger charge is -2.36. The van der Waals surface area contributed by atoms with Crippen molar-refractivity contribution in [2.45, 2.75) is 13.0 Å². The summed E-state index contributed by atoms with van der Waals surface area (Å²) in [6, 6.07) is 0.0801. The fourth-order valence-corrected chi connectivity index (χ4v) is 2.02. The summed E-state index contributed by atoms with van der Waals surface area (Å²) in [6.45, 7) is 7.07. The van der Waals surface area contributed by atoms with Gasteiger partial charge < -0.3 is 14.7 Å². The summed E-state index contributed by atoms with van der Waals surface area (Å²) in [5, 5.41) is 8.89. The second-order valence-corrected chi connectivity index (χ2v) is 4.45. The molecule has 106 valence electrons. The van der Waals surface area contributed by atoms with E-state index in [0.29, 0.717) is 12.6 Å². The maximum Gasteiger partial charge on any atom is 0.208 e. The molecule has 1 fully saturated rings. The quantitative estimate of drug-likeness (QED) is 0.240. The number of aliphatic hydroxyl groups excluding tert-OH is 1. The second kappa shape index (κ2) is 8.25. The van der Waals surface area contributed by atoms with Gasteiger partial charge in [0, 0.05) is 39.8 Å². The van der Waals surface area contributed by atoms with Crippen LogP contribution >= 0.6 is 0 Å². The SMILES string of the molecule is COCC(C)N=C(NN)N1CCN(CCO)CC1. The van der Waals surface area contributed by atoms with Crippen LogP contribution in [0.4, 0.5) is 0 Å². The molecule has 0 saturated carbocycles. The van der Waals surface area contributed by atoms with Gasteiger partial charge in [0.05, 0.1) is 19.3 Å². The molecule has 1 atom stereocenters. The monoisotopic (exact) mass is 259 g/mol. The van der Waals surface area contributed by atoms with Gasteiger partial charge in [-0.15, -0.1) is 0 Å². The molecule has 0 bridgehead atoms. The number of nitrogens with zero attached hydrogens (tertiary/aromatic N) is 3. The van der Waals surface area contributed by atoms with Crippen molar-refractivity contribution >= 4 is 5.96 Å². The van der Waals surface area contributed by atoms with Crippen molar-refractivity contribution in [2.24, 2.45) is 10.8 Å². The smallest absolute Gasteiger partial charge is 0.208 e. The van der Waals surface area contributed by atoms with E-state index in [1.54, 1.807) is 7.11 Å². The lowest BCUT2D eigenvalue weighted by molar-refractivity contribution is 0.144. The number of piperazine rings is 1. The van der Waals surface area contributed by atoms with E-state index in [4.69, 9.17) is 15.7 Å². The number of aliphatic imine (C=N–C) groups is 1. The summed E-state index contributed by atoms with van der Waals surface area (Å²) in [5.41, 5.74) is 2.66. The summed E-state index contributed by atoms with van der Waals surface area (Å²) in [6.07, 6.45) is 0. The van der Waals surface area contributed by atoms with Crippen molar-refractivity contribution in [1.82, 2.24) is 15.2 Å². The highest BCUT2D eigenvalue weighted by Gasteiger charge is 2.19. The van der Waals surface area contributed by atoms with Gasteiger partial charge in [0.1, 0.15) is 0 Å². The zero-order valence-corrected chi connectivity index (χ0v) is 11.3. The van der Waals surface area contributed by atoms with Crippen LogP contribution in [0.15, 0.2) is 4.99 Å². The number of ether oxygens (including phenoxy) is 1. The van der Waals surface area contributed by atoms with Gasteiger partial charge in [-0.2, -0.15) is 0 Å². The van der Waals surface area contributed by atoms with Crippen LogP contribution in [-0.2, 0) is 4.74 Å². The van der Waals surface area contributed by atoms with Crippen molar-refractivity contribution in [3.05, 3.63) is 0 Å². The van der Waals surface area contributed by atoms with E-state index in [0.717, 1.165) is 32.7 Å². The van der Waals surface area contributed by atoms with Crippen LogP contribution < -0.4 is 11.3 Å². The lowest BCUT2D eigenvalue weighted by atomic mass is 10.3. The van der Waals surface area contributed by atoms with Crippen molar-refractivity contribution in [1.29, 1.82) is 0 Å². The van der Waals surface area contributed by atoms with Crippen LogP contribution in [-0.4, -0.2) is 80.0 Å². The van der Waals surface area contributed by atoms with E-state index in [1.165, 1.54) is 0 Å². The van der Waals surface area contributed by atoms with Crippen LogP contribution in [0.1, 0.15) is 6.92 Å². The number of methoxy groups -OCH3 is 1. The molecule has 18 heavy (non-hydrogen) atoms. The zero-order valence-electron chi connectivity index (χ0n) is 11.3. The average Bonchev–Trinajstić information content (AvgIpc) is 2.38. The Hall–Kier alpha value is -0.890. The predicted octanol–water partition coefficient (Wildman–Crippen LogP) is -1.55. The molecule has 1 aliphatic rings. The van der Waals surface area contributed by atoms with Gasteiger partial charge in [-0.05, 0) is 6.92 Å². The summed E-state index contributed by atoms with van der Waals surface area (Å²) in [4.78, 5) is 8.84. The van der Waals surface area contributed by atoms with Gasteiger partial charge in [-0.1, -0.05) is 0 Å². The standard InChI is InChI=1S/C11H25N5O2/c1-10(9-18-2)13-11(14-12)16-5-3-15(4-6-16)7-8-17/h10,17H,3-9,12H2,1-2H3,(H,13,14). The minimum atomic E-state index is 0.0801. The fourth-order valence-electron chi connectivity index (χ4n) is 2.02. The molecule has 0 aromatic rings. The van der Waals surface area contributed by atoms with Crippen molar-refractivity contribution in [3.8, 4) is 0 Å². The molecule has 0 aromatic carbocycles. The number of hydrazine groups is 1. The van der Waals surface area contributed by atoms with Gasteiger partial charge in [-0.3, -0.25) is 10.3 Å². The predicted molar refractivity (Wildman–Crippen MR) is 71.2 cm³/mol. The molecular weight excluding hydrogens is 234 g/mol. The Morgan fingerprint density at radius 2 is 2.11 bits per heavy atom. The molecule has 1 heterocycles. The highest BCUT2D eigenvalue weighted by atomic mass is 16.5. The Kier molecular flexibility index (Phi) is 6.96. The summed E-state index contributed by atoms with van der Waals surface area (Å²) in [7, 11) is 1.66. The number of hydrogen-bond acceptors (Lipinski definition) is 5. The molecule has 1 unspecified atom stereocenters. The highest BCUT2D eigenvalue weighted by molar-refractivity contribution is 5.79. The molecule has 7 heteroatoms. The molecular formula is C11H25N5O2. The van der Waals surface area contributed by atoms with Gasteiger partial charge >= 0.3 is 0 Å². The topological polar surface area (TPSA) is 86.4 Å². The largest absolute Gasteiger partial charge is 0.395 e. The third kappa shape index (κ3) is 4.77. The van der Waals surface area contributed by atoms with Crippen molar-refractivity contribution in [2.75, 3.05) is 53.0 Å². The fraction of sp³-hybridized carbons (Fsp3) is 0.909. The van der Waals surface area contributed by atoms with Crippen LogP contribution in [0.25, 0.3) is 0 Å². The van der Waals surface area contributed by atoms with Gasteiger partial charge in [0.25, 0.3) is 0 Å². The molecule has 0 aliphatic carbocycles. The molecule has 1 rings (SSSR count). The first-order chi connectivity index (χ1) is 8.71. The van der Waals surface area contributed by atoms with Crippen molar-refractivity contribution < 1.29 is 9.84 Å². The number of β-amino-alcohol motifs (C(OH)–C–C–N with tert-alkyl or cyclic N) is 1. The molecule has 4 N–H and O–H groups in total. The van der Waals surface area contributed by atoms with Gasteiger partial charge in [-0.25, -0.2) is 10.8 Å². The summed E-state index contributed by atoms with van der Waals surface area (Å²) < 4.78 is 5.06. The van der Waals surface area contributed by atoms with Crippen LogP contribution in [0.5, 0.6) is 0 Å². The number of aliphatic hydroxyl groups is 1. The Balaban J connectivity index is 2.47. The Morgan fingerprint density at radius 1 is 1.44 bits per heavy atom. The minimum Gasteiger partial charge on any atom is -0.395 e. The zero-order chi connectivity index (χ0) is 13.4. The van der Waals surface area contributed by atoms with E-state index >= 15 is 0 Å². The number of nitrogens with one attached hydrogen (secondary N) is 1. The van der Waals surface area contributed by atoms with E-state index in [2.05, 4.69) is 20.2 Å². The summed E-state index contributed by atoms with van der Waals surface area (Å²) >= 11 is 0. The first-order valence-electron chi connectivity index (χ1n) is 6.32. The molecule has 0 spiro atoms. The molecule has 0 aromatic heterocycles. The van der Waals surface area contributed by atoms with Crippen molar-refractivity contribution in [3.63, 3.8) is 0 Å². The van der Waals surface area contributed by atoms with Crippen LogP contribution in [0.2, 0.25) is 0 Å². The van der Waals surface area contributed by atoms with Crippen LogP contribution in [0, 0.1) is 0 Å². The lowest BCUT2D eigenvalue weighted by Crippen LogP contribution is -2.54. The number of hydrogen-bond donors (Lipinski definition) is 3. The second-order valence-electron chi connectivity index (χ2n) is 4.45. The third-order valence-corrected chi connectivity index (χ3v) is 2.97. The van der Waals surface area contributed by atoms with E-state index < -0.39 is 0 Å². The number of nitrogens with two attached hydrogens (primary N) is 1. The number of rotatable bonds is 5. The average molecular weight is 259 g/mol. The normalized spacial score (nSPS) is 20.0. The van der Waals surface area contributed by atoms with Crippen LogP contribution in [0.3, 0.4) is 0 Å². The maximum atomic E-state index is 8.89. The molecule has 0 radical (unpaired) electrons. The molecule has 1 saturated heterocycles. The van der Waals surface area contributed by atoms with E-state index in [-0.39, 0.29) is 12.6 Å². The Bertz CT molecular complexity index is 254. The third-order valence-electron chi connectivity index (χ3n) is 2.97. The Labute approximate surface area is 109 Å². The summed E-state index contributed by atoms with van der Waals surface area (Å²) in [5.74, 6) is 6.24. The van der Waals surface area contributed by atoms with E-state index in [9.17, 15) is 0 Å². The highest BCUT2D eigenvalue weighted by Crippen LogP contribution is 2.02. The molecule has 7 nitrogen and oxygen atoms in total. The Morgan fingerprint density at radius 3 is 2.61 bits per heavy atom. The molecule has 1 aliphatic heterocycles. The maximum absolute atomic E-state index is 8.89. The first kappa shape index (κ1) is 15.2. The first-order valence-corrected chi connectivity index (χ1v) is 6.32. The van der Waals surface area contributed by atoms with E-state index in [1.807, 2.05) is 6.92 Å². The van der Waals surface area contributed by atoms with Gasteiger partial charge in [0.2, 0.25) is 5.96 Å². The van der Waals surface area contributed by atoms with Gasteiger partial charge in [0.15, 0.2) is 0 Å². The molecule has 0 amide bonds.